The number of fused-ring (bicyclic) bond motifs is 3. The highest BCUT2D eigenvalue weighted by Gasteiger charge is 2.21. The topological polar surface area (TPSA) is 100 Å². The highest BCUT2D eigenvalue weighted by Crippen LogP contribution is 2.35. The van der Waals surface area contributed by atoms with E-state index in [1.165, 1.54) is 28.4 Å². The number of aromatic nitrogens is 4. The SMILES string of the molecule is CCC[NH2+]/C=C(\C=N)c1cccc(Cc2c3c4c(ccc3nn2C)/C=N\C(Nc2ccn(C)n2)=C\CC4C)c1. The van der Waals surface area contributed by atoms with Gasteiger partial charge in [0.15, 0.2) is 5.82 Å². The van der Waals surface area contributed by atoms with Crippen molar-refractivity contribution in [3.8, 4) is 0 Å². The van der Waals surface area contributed by atoms with Gasteiger partial charge in [0, 0.05) is 50.6 Å². The number of aryl methyl sites for hydroxylation is 2. The maximum absolute atomic E-state index is 7.93. The Morgan fingerprint density at radius 3 is 2.82 bits per heavy atom. The molecule has 2 aromatic carbocycles. The van der Waals surface area contributed by atoms with Gasteiger partial charge < -0.3 is 16.0 Å². The van der Waals surface area contributed by atoms with Crippen LogP contribution in [0.15, 0.2) is 71.8 Å². The summed E-state index contributed by atoms with van der Waals surface area (Å²) >= 11 is 0. The first-order valence-corrected chi connectivity index (χ1v) is 13.6. The molecule has 1 aliphatic rings. The van der Waals surface area contributed by atoms with Crippen LogP contribution in [0.2, 0.25) is 0 Å². The number of benzene rings is 2. The van der Waals surface area contributed by atoms with Gasteiger partial charge in [-0.2, -0.15) is 10.2 Å². The van der Waals surface area contributed by atoms with E-state index in [1.54, 1.807) is 4.68 Å². The standard InChI is InChI=1S/C31H36N8/c1-5-14-33-19-25(18-32)23-8-6-7-22(16-23)17-27-31-26(36-39(27)4)11-10-24-20-34-28(12-9-21(2)30(24)31)35-29-13-15-38(3)37-29/h6-8,10-13,15-16,18-21,32-33H,5,9,14,17H2,1-4H3,(H,35,37)/p+1/b25-19+,28-12-,32-18?,34-20-. The Kier molecular flexibility index (Phi) is 7.84. The molecule has 0 radical (unpaired) electrons. The second kappa shape index (κ2) is 11.6. The molecular weight excluding hydrogens is 484 g/mol. The third-order valence-electron chi connectivity index (χ3n) is 7.20. The van der Waals surface area contributed by atoms with Crippen LogP contribution in [-0.2, 0) is 20.5 Å². The van der Waals surface area contributed by atoms with Gasteiger partial charge in [-0.3, -0.25) is 9.36 Å². The number of nitrogens with one attached hydrogen (secondary N) is 2. The van der Waals surface area contributed by atoms with E-state index in [4.69, 9.17) is 15.5 Å². The Balaban J connectivity index is 1.49. The molecule has 2 aromatic heterocycles. The van der Waals surface area contributed by atoms with E-state index in [0.717, 1.165) is 59.7 Å². The largest absolute Gasteiger partial charge is 0.324 e. The number of quaternary nitrogens is 1. The summed E-state index contributed by atoms with van der Waals surface area (Å²) < 4.78 is 3.80. The Hall–Kier alpha value is -4.30. The molecule has 1 aliphatic heterocycles. The molecule has 0 amide bonds. The van der Waals surface area contributed by atoms with Gasteiger partial charge in [-0.05, 0) is 53.2 Å². The van der Waals surface area contributed by atoms with Crippen LogP contribution in [0.3, 0.4) is 0 Å². The van der Waals surface area contributed by atoms with Gasteiger partial charge in [-0.1, -0.05) is 44.2 Å². The Bertz CT molecular complexity index is 1580. The minimum atomic E-state index is 0.284. The van der Waals surface area contributed by atoms with Gasteiger partial charge in [-0.25, -0.2) is 4.99 Å². The van der Waals surface area contributed by atoms with Crippen LogP contribution in [0.25, 0.3) is 16.5 Å². The number of aliphatic imine (C=N–C) groups is 1. The van der Waals surface area contributed by atoms with E-state index < -0.39 is 0 Å². The van der Waals surface area contributed by atoms with Crippen LogP contribution in [-0.4, -0.2) is 38.5 Å². The molecule has 8 nitrogen and oxygen atoms in total. The maximum atomic E-state index is 7.93. The lowest BCUT2D eigenvalue weighted by molar-refractivity contribution is -0.586. The summed E-state index contributed by atoms with van der Waals surface area (Å²) in [4.78, 5) is 4.78. The molecule has 0 bridgehead atoms. The molecule has 0 aliphatic carbocycles. The summed E-state index contributed by atoms with van der Waals surface area (Å²) in [6.07, 6.45) is 12.2. The van der Waals surface area contributed by atoms with Crippen LogP contribution in [0.1, 0.15) is 60.6 Å². The van der Waals surface area contributed by atoms with Gasteiger partial charge in [0.05, 0.1) is 23.3 Å². The molecule has 5 rings (SSSR count). The normalized spacial score (nSPS) is 17.7. The van der Waals surface area contributed by atoms with Gasteiger partial charge >= 0.3 is 0 Å². The summed E-state index contributed by atoms with van der Waals surface area (Å²) in [6, 6.07) is 14.7. The number of hydrogen-bond acceptors (Lipinski definition) is 5. The molecule has 3 heterocycles. The molecular formula is C31H37N8+. The first kappa shape index (κ1) is 26.3. The molecule has 0 saturated heterocycles. The van der Waals surface area contributed by atoms with Gasteiger partial charge in [-0.15, -0.1) is 0 Å². The first-order chi connectivity index (χ1) is 19.0. The number of nitrogens with two attached hydrogens (primary N) is 1. The number of nitrogens with zero attached hydrogens (tertiary/aromatic N) is 5. The Morgan fingerprint density at radius 2 is 2.05 bits per heavy atom. The second-order valence-corrected chi connectivity index (χ2v) is 10.2. The van der Waals surface area contributed by atoms with Crippen molar-refractivity contribution in [1.82, 2.24) is 19.6 Å². The van der Waals surface area contributed by atoms with E-state index in [9.17, 15) is 0 Å². The number of allylic oxidation sites excluding steroid dienone is 2. The molecule has 4 N–H and O–H groups in total. The van der Waals surface area contributed by atoms with Gasteiger partial charge in [0.1, 0.15) is 12.0 Å². The van der Waals surface area contributed by atoms with Crippen molar-refractivity contribution in [2.24, 2.45) is 19.1 Å². The van der Waals surface area contributed by atoms with Crippen molar-refractivity contribution >= 4 is 34.7 Å². The summed E-state index contributed by atoms with van der Waals surface area (Å²) in [5.41, 5.74) is 7.80. The molecule has 1 unspecified atom stereocenters. The molecule has 4 aromatic rings. The van der Waals surface area contributed by atoms with Gasteiger partial charge in [0.25, 0.3) is 0 Å². The third-order valence-corrected chi connectivity index (χ3v) is 7.20. The predicted molar refractivity (Wildman–Crippen MR) is 159 cm³/mol. The molecule has 8 heteroatoms. The van der Waals surface area contributed by atoms with Crippen molar-refractivity contribution < 1.29 is 5.32 Å². The molecule has 200 valence electrons. The highest BCUT2D eigenvalue weighted by atomic mass is 15.3. The highest BCUT2D eigenvalue weighted by molar-refractivity contribution is 6.07. The smallest absolute Gasteiger partial charge is 0.153 e. The van der Waals surface area contributed by atoms with Crippen molar-refractivity contribution in [2.75, 3.05) is 11.9 Å². The molecule has 0 saturated carbocycles. The zero-order valence-corrected chi connectivity index (χ0v) is 23.1. The molecule has 0 spiro atoms. The zero-order valence-electron chi connectivity index (χ0n) is 23.1. The Morgan fingerprint density at radius 1 is 1.18 bits per heavy atom. The zero-order chi connectivity index (χ0) is 27.4. The monoisotopic (exact) mass is 521 g/mol. The second-order valence-electron chi connectivity index (χ2n) is 10.2. The fourth-order valence-corrected chi connectivity index (χ4v) is 5.19. The first-order valence-electron chi connectivity index (χ1n) is 13.6. The summed E-state index contributed by atoms with van der Waals surface area (Å²) in [7, 11) is 3.94. The third kappa shape index (κ3) is 5.76. The van der Waals surface area contributed by atoms with Gasteiger partial charge in [0.2, 0.25) is 0 Å². The summed E-state index contributed by atoms with van der Waals surface area (Å²) in [5, 5.41) is 23.9. The van der Waals surface area contributed by atoms with Crippen molar-refractivity contribution in [1.29, 1.82) is 5.41 Å². The molecule has 0 fully saturated rings. The minimum absolute atomic E-state index is 0.284. The number of hydrogen-bond donors (Lipinski definition) is 3. The van der Waals surface area contributed by atoms with Crippen LogP contribution in [0, 0.1) is 5.41 Å². The molecule has 1 atom stereocenters. The Labute approximate surface area is 229 Å². The summed E-state index contributed by atoms with van der Waals surface area (Å²) in [5.74, 6) is 1.87. The van der Waals surface area contributed by atoms with Crippen molar-refractivity contribution in [2.45, 2.75) is 39.0 Å². The lowest BCUT2D eigenvalue weighted by atomic mass is 9.88. The van der Waals surface area contributed by atoms with E-state index in [0.29, 0.717) is 0 Å². The van der Waals surface area contributed by atoms with Crippen molar-refractivity contribution in [3.05, 3.63) is 94.7 Å². The van der Waals surface area contributed by atoms with E-state index in [1.807, 2.05) is 37.3 Å². The number of rotatable bonds is 9. The lowest BCUT2D eigenvalue weighted by Gasteiger charge is -2.18. The van der Waals surface area contributed by atoms with Crippen LogP contribution in [0.4, 0.5) is 5.82 Å². The van der Waals surface area contributed by atoms with E-state index in [2.05, 4.69) is 78.3 Å². The predicted octanol–water partition coefficient (Wildman–Crippen LogP) is 4.74. The quantitative estimate of drug-likeness (QED) is 0.219. The molecule has 39 heavy (non-hydrogen) atoms. The maximum Gasteiger partial charge on any atom is 0.153 e. The van der Waals surface area contributed by atoms with Crippen LogP contribution < -0.4 is 10.6 Å². The van der Waals surface area contributed by atoms with Crippen LogP contribution in [0.5, 0.6) is 0 Å². The fraction of sp³-hybridized carbons (Fsp3) is 0.290. The number of anilines is 1. The fourth-order valence-electron chi connectivity index (χ4n) is 5.19. The average Bonchev–Trinajstić information content (AvgIpc) is 3.48. The summed E-state index contributed by atoms with van der Waals surface area (Å²) in [6.45, 7) is 5.45. The van der Waals surface area contributed by atoms with Crippen molar-refractivity contribution in [3.63, 3.8) is 0 Å². The van der Waals surface area contributed by atoms with E-state index in [-0.39, 0.29) is 5.92 Å². The lowest BCUT2D eigenvalue weighted by Crippen LogP contribution is -2.78. The average molecular weight is 522 g/mol. The van der Waals surface area contributed by atoms with Crippen LogP contribution >= 0.6 is 0 Å². The van der Waals surface area contributed by atoms with E-state index >= 15 is 0 Å². The minimum Gasteiger partial charge on any atom is -0.324 e.